The molecule has 4 unspecified atom stereocenters. The molecule has 3 fully saturated rings. The number of nitrogens with one attached hydrogen (secondary N) is 4. The van der Waals surface area contributed by atoms with Crippen LogP contribution in [0, 0.1) is 0 Å². The van der Waals surface area contributed by atoms with Crippen LogP contribution >= 0.6 is 15.6 Å². The van der Waals surface area contributed by atoms with Crippen LogP contribution in [0.25, 0.3) is 22.3 Å². The summed E-state index contributed by atoms with van der Waals surface area (Å²) in [6, 6.07) is 0. The van der Waals surface area contributed by atoms with Crippen molar-refractivity contribution in [3.63, 3.8) is 0 Å². The molecule has 398 valence electrons. The van der Waals surface area contributed by atoms with Gasteiger partial charge >= 0.3 is 21.3 Å². The molecule has 3 saturated heterocycles. The minimum Gasteiger partial charge on any atom is -0.386 e. The fourth-order valence-electron chi connectivity index (χ4n) is 7.88. The molecule has 0 aromatic carbocycles. The highest BCUT2D eigenvalue weighted by molar-refractivity contribution is 7.47. The van der Waals surface area contributed by atoms with Crippen molar-refractivity contribution >= 4 is 67.5 Å². The molecule has 4 aliphatic rings. The van der Waals surface area contributed by atoms with Gasteiger partial charge in [0.05, 0.1) is 78.8 Å². The number of phosphoric acid groups is 2. The third kappa shape index (κ3) is 13.2. The molecule has 0 aliphatic carbocycles. The van der Waals surface area contributed by atoms with E-state index in [0.29, 0.717) is 45.3 Å². The predicted molar refractivity (Wildman–Crippen MR) is 242 cm³/mol. The Morgan fingerprint density at radius 3 is 2.18 bits per heavy atom. The van der Waals surface area contributed by atoms with Gasteiger partial charge in [0.15, 0.2) is 35.9 Å². The van der Waals surface area contributed by atoms with Gasteiger partial charge < -0.3 is 69.7 Å². The highest BCUT2D eigenvalue weighted by Crippen LogP contribution is 2.53. The van der Waals surface area contributed by atoms with E-state index in [1.165, 1.54) is 21.9 Å². The summed E-state index contributed by atoms with van der Waals surface area (Å²) in [6.07, 6.45) is -6.57. The molecule has 0 radical (unpaired) electrons. The van der Waals surface area contributed by atoms with Crippen LogP contribution in [0.1, 0.15) is 25.3 Å². The zero-order valence-electron chi connectivity index (χ0n) is 38.5. The Hall–Kier alpha value is -5.51. The number of carbonyl (C=O) groups excluding carboxylic acids is 3. The van der Waals surface area contributed by atoms with Crippen molar-refractivity contribution in [2.45, 2.75) is 61.9 Å². The number of carbonyl (C=O) groups is 3. The second-order valence-electron chi connectivity index (χ2n) is 16.3. The van der Waals surface area contributed by atoms with Crippen molar-refractivity contribution in [1.29, 1.82) is 0 Å². The number of nitrogens with two attached hydrogens (primary N) is 1. The number of aromatic amines is 2. The van der Waals surface area contributed by atoms with E-state index in [2.05, 4.69) is 47.1 Å². The molecule has 0 saturated carbocycles. The molecule has 32 nitrogen and oxygen atoms in total. The fourth-order valence-corrected chi connectivity index (χ4v) is 9.81. The molecule has 73 heavy (non-hydrogen) atoms. The number of hydrogen-bond donors (Lipinski definition) is 9. The number of nitrogens with zero attached hydrogens (tertiary/aromatic N) is 7. The zero-order valence-corrected chi connectivity index (χ0v) is 40.3. The Labute approximate surface area is 411 Å². The Morgan fingerprint density at radius 2 is 1.51 bits per heavy atom. The van der Waals surface area contributed by atoms with Gasteiger partial charge in [0.25, 0.3) is 11.5 Å². The first-order valence-corrected chi connectivity index (χ1v) is 25.5. The van der Waals surface area contributed by atoms with Crippen LogP contribution in [0.15, 0.2) is 48.2 Å². The normalized spacial score (nSPS) is 28.6. The minimum absolute atomic E-state index is 0.0418. The number of amides is 3. The number of H-pyrrole nitrogens is 2. The van der Waals surface area contributed by atoms with Gasteiger partial charge in [-0.25, -0.2) is 18.7 Å². The number of aromatic nitrogens is 8. The number of nitrogen functional groups attached to an aromatic ring is 1. The lowest BCUT2D eigenvalue weighted by molar-refractivity contribution is -0.745. The summed E-state index contributed by atoms with van der Waals surface area (Å²) in [5, 5.41) is 28.2. The molecule has 3 amide bonds. The first kappa shape index (κ1) is 53.8. The van der Waals surface area contributed by atoms with Gasteiger partial charge in [-0.05, 0) is 6.08 Å². The van der Waals surface area contributed by atoms with E-state index in [1.807, 2.05) is 0 Å². The van der Waals surface area contributed by atoms with Crippen molar-refractivity contribution in [3.8, 4) is 0 Å². The zero-order chi connectivity index (χ0) is 51.9. The van der Waals surface area contributed by atoms with Gasteiger partial charge in [-0.3, -0.25) is 51.8 Å². The number of fused-ring (bicyclic) bond motifs is 4. The molecular formula is C39H53N12O20P2+. The monoisotopic (exact) mass is 1070 g/mol. The van der Waals surface area contributed by atoms with Crippen molar-refractivity contribution in [3.05, 3.63) is 53.8 Å². The summed E-state index contributed by atoms with van der Waals surface area (Å²) in [6.45, 7) is 4.56. The van der Waals surface area contributed by atoms with Crippen LogP contribution in [0.3, 0.4) is 0 Å². The molecule has 4 aromatic rings. The molecular weight excluding hydrogens is 1020 g/mol. The van der Waals surface area contributed by atoms with Crippen molar-refractivity contribution in [1.82, 2.24) is 44.7 Å². The summed E-state index contributed by atoms with van der Waals surface area (Å²) >= 11 is 0. The number of aliphatic hydroxyl groups excluding tert-OH is 2. The topological polar surface area (TPSA) is 421 Å². The van der Waals surface area contributed by atoms with E-state index in [-0.39, 0.29) is 85.1 Å². The molecule has 4 aromatic heterocycles. The predicted octanol–water partition coefficient (Wildman–Crippen LogP) is -2.69. The fraction of sp³-hybridized carbons (Fsp3) is 0.564. The van der Waals surface area contributed by atoms with Crippen LogP contribution in [0.4, 0.5) is 11.8 Å². The quantitative estimate of drug-likeness (QED) is 0.0233. The highest BCUT2D eigenvalue weighted by Gasteiger charge is 2.55. The Bertz CT molecular complexity index is 2810. The Balaban J connectivity index is 0.752. The summed E-state index contributed by atoms with van der Waals surface area (Å²) < 4.78 is 83.9. The van der Waals surface area contributed by atoms with Gasteiger partial charge in [0, 0.05) is 31.3 Å². The molecule has 8 rings (SSSR count). The van der Waals surface area contributed by atoms with Crippen LogP contribution in [0.2, 0.25) is 0 Å². The number of anilines is 2. The number of imidazole rings is 2. The molecule has 10 atom stereocenters. The molecule has 10 N–H and O–H groups in total. The highest BCUT2D eigenvalue weighted by atomic mass is 31.2. The lowest BCUT2D eigenvalue weighted by Crippen LogP contribution is -2.46. The lowest BCUT2D eigenvalue weighted by Gasteiger charge is -2.27. The number of rotatable bonds is 21. The maximum atomic E-state index is 13.4. The summed E-state index contributed by atoms with van der Waals surface area (Å²) in [5.41, 5.74) is 5.48. The number of hydrogen-bond acceptors (Lipinski definition) is 23. The van der Waals surface area contributed by atoms with E-state index in [0.717, 1.165) is 17.2 Å². The second-order valence-corrected chi connectivity index (χ2v) is 19.1. The molecule has 0 bridgehead atoms. The van der Waals surface area contributed by atoms with Crippen molar-refractivity contribution in [2.24, 2.45) is 0 Å². The van der Waals surface area contributed by atoms with E-state index in [1.54, 1.807) is 6.08 Å². The largest absolute Gasteiger partial charge is 0.472 e. The van der Waals surface area contributed by atoms with Gasteiger partial charge in [0.2, 0.25) is 29.5 Å². The summed E-state index contributed by atoms with van der Waals surface area (Å²) in [5.74, 6) is -1.12. The smallest absolute Gasteiger partial charge is 0.386 e. The van der Waals surface area contributed by atoms with E-state index in [4.69, 9.17) is 52.2 Å². The Morgan fingerprint density at radius 1 is 0.863 bits per heavy atom. The third-order valence-electron chi connectivity index (χ3n) is 11.4. The van der Waals surface area contributed by atoms with Crippen LogP contribution in [-0.2, 0) is 70.0 Å². The summed E-state index contributed by atoms with van der Waals surface area (Å²) in [7, 11) is -10.3. The second kappa shape index (κ2) is 23.8. The SMILES string of the molecule is C=C1C=CC(=O)N1CCC(=O)NCCOCCOCCOCCOCCC(=O)Nc1ncnc2c1[nH]c[n+]2[C@@H]1O[C@@H]2COP(=O)(O)O[C@@H]3C(O)[C@H](n4cnc5c(=O)[nH]c(N)nc54)O[C@@H]3COP(=O)(O)OC2[C@@H]1O. The average Bonchev–Trinajstić information content (AvgIpc) is 4.16. The maximum absolute atomic E-state index is 13.4. The summed E-state index contributed by atoms with van der Waals surface area (Å²) in [4.78, 5) is 93.5. The standard InChI is InChI=1S/C39H52N12O20P2/c1-21-2-3-26(54)49(21)7-4-24(52)41-6-9-63-11-13-65-15-14-64-12-10-62-8-5-25(53)46-33-27-34(43-18-42-33)50(19-44-27)37-29(55)31-22(68-37)16-66-73(60,61)71-32-23(17-67-72(58,59)70-31)69-38(30(32)56)51-20-45-28-35(51)47-39(40)48-36(28)57/h2-3,18-20,22-23,29-32,37-38,55-56H,1,4-17H2,(H7,40,41,42,43,46,47,48,52,53,57,58,59,60,61)/p+1/t22-,23-,29+,30?,31?,32+,37-,38-/m1/s1. The van der Waals surface area contributed by atoms with Gasteiger partial charge in [-0.2, -0.15) is 9.97 Å². The van der Waals surface area contributed by atoms with Gasteiger partial charge in [-0.1, -0.05) is 11.6 Å². The molecule has 34 heteroatoms. The van der Waals surface area contributed by atoms with Crippen LogP contribution < -0.4 is 26.5 Å². The van der Waals surface area contributed by atoms with Crippen molar-refractivity contribution < 1.29 is 94.6 Å². The molecule has 0 spiro atoms. The third-order valence-corrected chi connectivity index (χ3v) is 13.3. The molecule has 4 aliphatic heterocycles. The number of ether oxygens (including phenoxy) is 6. The van der Waals surface area contributed by atoms with Crippen molar-refractivity contribution in [2.75, 3.05) is 90.2 Å². The minimum atomic E-state index is -5.16. The van der Waals surface area contributed by atoms with Gasteiger partial charge in [-0.15, -0.1) is 0 Å². The van der Waals surface area contributed by atoms with E-state index in [9.17, 15) is 48.3 Å². The number of phosphoric ester groups is 2. The van der Waals surface area contributed by atoms with Crippen LogP contribution in [-0.4, -0.2) is 193 Å². The van der Waals surface area contributed by atoms with E-state index >= 15 is 0 Å². The lowest BCUT2D eigenvalue weighted by atomic mass is 10.1. The van der Waals surface area contributed by atoms with Gasteiger partial charge in [0.1, 0.15) is 36.6 Å². The van der Waals surface area contributed by atoms with E-state index < -0.39 is 89.4 Å². The first-order valence-electron chi connectivity index (χ1n) is 22.5. The Kier molecular flexibility index (Phi) is 17.5. The maximum Gasteiger partial charge on any atom is 0.472 e. The number of allylic oxidation sites excluding steroid dienone is 1. The first-order chi connectivity index (χ1) is 35.0. The number of aliphatic hydroxyl groups is 2. The average molecular weight is 1070 g/mol. The van der Waals surface area contributed by atoms with Crippen LogP contribution in [0.5, 0.6) is 0 Å². The molecule has 8 heterocycles.